The van der Waals surface area contributed by atoms with Crippen LogP contribution in [0, 0.1) is 0 Å². The van der Waals surface area contributed by atoms with Crippen molar-refractivity contribution in [3.05, 3.63) is 83.4 Å². The zero-order chi connectivity index (χ0) is 16.1. The summed E-state index contributed by atoms with van der Waals surface area (Å²) in [6.45, 7) is 0. The second-order valence-corrected chi connectivity index (χ2v) is 5.89. The smallest absolute Gasteiger partial charge is 0.335 e. The Balaban J connectivity index is 1.60. The highest BCUT2D eigenvalue weighted by Gasteiger charge is 2.04. The number of fused-ring (bicyclic) bond motifs is 1. The van der Waals surface area contributed by atoms with Gasteiger partial charge in [-0.1, -0.05) is 54.6 Å². The normalized spacial score (nSPS) is 10.8. The minimum Gasteiger partial charge on any atom is -0.478 e. The molecule has 0 amide bonds. The molecular weight excluding hydrogens is 284 g/mol. The van der Waals surface area contributed by atoms with Crippen LogP contribution in [0.3, 0.4) is 0 Å². The Morgan fingerprint density at radius 3 is 2.13 bits per heavy atom. The molecule has 2 heteroatoms. The number of rotatable bonds is 6. The Hall–Kier alpha value is -2.61. The van der Waals surface area contributed by atoms with E-state index in [0.29, 0.717) is 5.56 Å². The number of hydrogen-bond donors (Lipinski definition) is 1. The van der Waals surface area contributed by atoms with Gasteiger partial charge in [0.2, 0.25) is 0 Å². The minimum atomic E-state index is -0.878. The van der Waals surface area contributed by atoms with Crippen molar-refractivity contribution in [2.24, 2.45) is 0 Å². The fraction of sp³-hybridized carbons (Fsp3) is 0.190. The summed E-state index contributed by atoms with van der Waals surface area (Å²) in [4.78, 5) is 11.0. The molecule has 0 unspecified atom stereocenters. The van der Waals surface area contributed by atoms with Gasteiger partial charge in [-0.3, -0.25) is 0 Å². The van der Waals surface area contributed by atoms with E-state index in [1.165, 1.54) is 17.5 Å². The minimum absolute atomic E-state index is 0.341. The lowest BCUT2D eigenvalue weighted by atomic mass is 10.00. The molecule has 0 saturated carbocycles. The van der Waals surface area contributed by atoms with Gasteiger partial charge >= 0.3 is 5.97 Å². The standard InChI is InChI=1S/C21H20O2/c22-21(23)20-13-12-18-14-17(10-11-19(18)15-20)9-5-4-8-16-6-2-1-3-7-16/h1-3,6-7,10-15H,4-5,8-9H2,(H,22,23). The van der Waals surface area contributed by atoms with Crippen molar-refractivity contribution in [2.45, 2.75) is 25.7 Å². The van der Waals surface area contributed by atoms with E-state index >= 15 is 0 Å². The number of aryl methyl sites for hydroxylation is 2. The predicted octanol–water partition coefficient (Wildman–Crippen LogP) is 5.10. The van der Waals surface area contributed by atoms with Gasteiger partial charge in [0, 0.05) is 0 Å². The number of carboxylic acids is 1. The molecule has 23 heavy (non-hydrogen) atoms. The van der Waals surface area contributed by atoms with Gasteiger partial charge in [0.05, 0.1) is 5.56 Å². The molecule has 0 aliphatic heterocycles. The summed E-state index contributed by atoms with van der Waals surface area (Å²) in [6, 6.07) is 22.2. The molecule has 0 heterocycles. The first-order valence-corrected chi connectivity index (χ1v) is 8.02. The Kier molecular flexibility index (Phi) is 4.72. The highest BCUT2D eigenvalue weighted by Crippen LogP contribution is 2.19. The Morgan fingerprint density at radius 2 is 1.39 bits per heavy atom. The first-order valence-electron chi connectivity index (χ1n) is 8.02. The number of carboxylic acid groups (broad SMARTS) is 1. The summed E-state index contributed by atoms with van der Waals surface area (Å²) in [6.07, 6.45) is 4.52. The molecular formula is C21H20O2. The Labute approximate surface area is 136 Å². The molecule has 0 aromatic heterocycles. The van der Waals surface area contributed by atoms with E-state index in [9.17, 15) is 4.79 Å². The van der Waals surface area contributed by atoms with E-state index in [-0.39, 0.29) is 0 Å². The molecule has 0 bridgehead atoms. The number of benzene rings is 3. The summed E-state index contributed by atoms with van der Waals surface area (Å²) in [5.41, 5.74) is 3.05. The SMILES string of the molecule is O=C(O)c1ccc2cc(CCCCc3ccccc3)ccc2c1. The third-order valence-corrected chi connectivity index (χ3v) is 4.18. The topological polar surface area (TPSA) is 37.3 Å². The van der Waals surface area contributed by atoms with Crippen LogP contribution in [0.1, 0.15) is 34.3 Å². The van der Waals surface area contributed by atoms with Crippen LogP contribution in [-0.2, 0) is 12.8 Å². The van der Waals surface area contributed by atoms with Gasteiger partial charge in [-0.15, -0.1) is 0 Å². The molecule has 116 valence electrons. The second kappa shape index (κ2) is 7.10. The summed E-state index contributed by atoms with van der Waals surface area (Å²) in [7, 11) is 0. The molecule has 0 aliphatic rings. The van der Waals surface area contributed by atoms with Crippen molar-refractivity contribution < 1.29 is 9.90 Å². The zero-order valence-corrected chi connectivity index (χ0v) is 13.0. The lowest BCUT2D eigenvalue weighted by molar-refractivity contribution is 0.0697. The molecule has 3 aromatic carbocycles. The quantitative estimate of drug-likeness (QED) is 0.643. The van der Waals surface area contributed by atoms with Crippen LogP contribution in [0.4, 0.5) is 0 Å². The highest BCUT2D eigenvalue weighted by molar-refractivity contribution is 5.94. The molecule has 0 atom stereocenters. The monoisotopic (exact) mass is 304 g/mol. The molecule has 2 nitrogen and oxygen atoms in total. The maximum atomic E-state index is 11.0. The van der Waals surface area contributed by atoms with E-state index < -0.39 is 5.97 Å². The van der Waals surface area contributed by atoms with E-state index in [0.717, 1.165) is 30.0 Å². The summed E-state index contributed by atoms with van der Waals surface area (Å²) in [5, 5.41) is 11.1. The van der Waals surface area contributed by atoms with E-state index in [1.54, 1.807) is 12.1 Å². The fourth-order valence-corrected chi connectivity index (χ4v) is 2.89. The number of aromatic carboxylic acids is 1. The van der Waals surface area contributed by atoms with E-state index in [1.807, 2.05) is 18.2 Å². The van der Waals surface area contributed by atoms with Crippen LogP contribution in [0.15, 0.2) is 66.7 Å². The average Bonchev–Trinajstić information content (AvgIpc) is 2.59. The highest BCUT2D eigenvalue weighted by atomic mass is 16.4. The molecule has 0 saturated heterocycles. The average molecular weight is 304 g/mol. The van der Waals surface area contributed by atoms with Gasteiger partial charge in [-0.25, -0.2) is 4.79 Å². The first kappa shape index (κ1) is 15.3. The summed E-state index contributed by atoms with van der Waals surface area (Å²) in [5.74, 6) is -0.878. The molecule has 0 radical (unpaired) electrons. The van der Waals surface area contributed by atoms with Crippen molar-refractivity contribution in [1.82, 2.24) is 0 Å². The van der Waals surface area contributed by atoms with E-state index in [4.69, 9.17) is 5.11 Å². The van der Waals surface area contributed by atoms with Crippen LogP contribution in [0.2, 0.25) is 0 Å². The van der Waals surface area contributed by atoms with Crippen molar-refractivity contribution in [3.8, 4) is 0 Å². The molecule has 0 spiro atoms. The predicted molar refractivity (Wildman–Crippen MR) is 94.0 cm³/mol. The summed E-state index contributed by atoms with van der Waals surface area (Å²) >= 11 is 0. The molecule has 0 aliphatic carbocycles. The van der Waals surface area contributed by atoms with Gasteiger partial charge in [0.1, 0.15) is 0 Å². The molecule has 3 rings (SSSR count). The van der Waals surface area contributed by atoms with Crippen LogP contribution in [0.25, 0.3) is 10.8 Å². The van der Waals surface area contributed by atoms with Crippen LogP contribution < -0.4 is 0 Å². The van der Waals surface area contributed by atoms with Gasteiger partial charge in [0.25, 0.3) is 0 Å². The lowest BCUT2D eigenvalue weighted by Gasteiger charge is -2.05. The van der Waals surface area contributed by atoms with Gasteiger partial charge in [-0.05, 0) is 59.7 Å². The Morgan fingerprint density at radius 1 is 0.739 bits per heavy atom. The lowest BCUT2D eigenvalue weighted by Crippen LogP contribution is -1.95. The molecule has 1 N–H and O–H groups in total. The van der Waals surface area contributed by atoms with Crippen molar-refractivity contribution in [2.75, 3.05) is 0 Å². The second-order valence-electron chi connectivity index (χ2n) is 5.89. The maximum absolute atomic E-state index is 11.0. The van der Waals surface area contributed by atoms with Crippen LogP contribution >= 0.6 is 0 Å². The first-order chi connectivity index (χ1) is 11.2. The maximum Gasteiger partial charge on any atom is 0.335 e. The summed E-state index contributed by atoms with van der Waals surface area (Å²) < 4.78 is 0. The van der Waals surface area contributed by atoms with Gasteiger partial charge in [0.15, 0.2) is 0 Å². The number of unbranched alkanes of at least 4 members (excludes halogenated alkanes) is 1. The van der Waals surface area contributed by atoms with Gasteiger partial charge < -0.3 is 5.11 Å². The van der Waals surface area contributed by atoms with Crippen molar-refractivity contribution >= 4 is 16.7 Å². The van der Waals surface area contributed by atoms with Crippen molar-refractivity contribution in [3.63, 3.8) is 0 Å². The number of carbonyl (C=O) groups is 1. The third kappa shape index (κ3) is 3.98. The van der Waals surface area contributed by atoms with Crippen LogP contribution in [-0.4, -0.2) is 11.1 Å². The van der Waals surface area contributed by atoms with Gasteiger partial charge in [-0.2, -0.15) is 0 Å². The molecule has 0 fully saturated rings. The van der Waals surface area contributed by atoms with Crippen LogP contribution in [0.5, 0.6) is 0 Å². The molecule has 3 aromatic rings. The zero-order valence-electron chi connectivity index (χ0n) is 13.0. The Bertz CT molecular complexity index is 806. The largest absolute Gasteiger partial charge is 0.478 e. The fourth-order valence-electron chi connectivity index (χ4n) is 2.89. The number of hydrogen-bond acceptors (Lipinski definition) is 1. The van der Waals surface area contributed by atoms with E-state index in [2.05, 4.69) is 36.4 Å². The third-order valence-electron chi connectivity index (χ3n) is 4.18. The van der Waals surface area contributed by atoms with Crippen molar-refractivity contribution in [1.29, 1.82) is 0 Å².